The van der Waals surface area contributed by atoms with E-state index in [1.165, 1.54) is 0 Å². The number of ether oxygens (including phenoxy) is 2. The Morgan fingerprint density at radius 2 is 1.57 bits per heavy atom. The molecular formula is C21H41N5O4. The summed E-state index contributed by atoms with van der Waals surface area (Å²) in [7, 11) is 1.71. The first-order valence-corrected chi connectivity index (χ1v) is 10.8. The van der Waals surface area contributed by atoms with Gasteiger partial charge in [0.05, 0.1) is 0 Å². The summed E-state index contributed by atoms with van der Waals surface area (Å²) in [5, 5.41) is 9.15. The number of hydrogen-bond donors (Lipinski definition) is 3. The van der Waals surface area contributed by atoms with Crippen LogP contribution in [0.1, 0.15) is 60.8 Å². The molecule has 0 aliphatic carbocycles. The van der Waals surface area contributed by atoms with Crippen molar-refractivity contribution in [1.82, 2.24) is 20.9 Å². The Bertz CT molecular complexity index is 581. The first-order chi connectivity index (χ1) is 13.9. The van der Waals surface area contributed by atoms with Gasteiger partial charge in [0.1, 0.15) is 11.2 Å². The third-order valence-corrected chi connectivity index (χ3v) is 4.32. The average Bonchev–Trinajstić information content (AvgIpc) is 2.61. The van der Waals surface area contributed by atoms with E-state index in [9.17, 15) is 9.59 Å². The van der Waals surface area contributed by atoms with E-state index in [2.05, 4.69) is 20.9 Å². The van der Waals surface area contributed by atoms with Crippen molar-refractivity contribution in [2.75, 3.05) is 39.8 Å². The van der Waals surface area contributed by atoms with Crippen LogP contribution >= 0.6 is 0 Å². The van der Waals surface area contributed by atoms with Gasteiger partial charge in [-0.25, -0.2) is 9.59 Å². The van der Waals surface area contributed by atoms with E-state index in [0.29, 0.717) is 25.0 Å². The lowest BCUT2D eigenvalue weighted by atomic mass is 9.95. The molecule has 1 aliphatic rings. The van der Waals surface area contributed by atoms with E-state index in [4.69, 9.17) is 9.47 Å². The zero-order valence-corrected chi connectivity index (χ0v) is 19.8. The number of amides is 2. The van der Waals surface area contributed by atoms with Crippen molar-refractivity contribution in [2.24, 2.45) is 10.9 Å². The second-order valence-electron chi connectivity index (χ2n) is 9.58. The Hall–Kier alpha value is -2.19. The molecule has 1 saturated heterocycles. The molecule has 0 aromatic heterocycles. The fourth-order valence-corrected chi connectivity index (χ4v) is 3.07. The molecule has 1 unspecified atom stereocenters. The van der Waals surface area contributed by atoms with Crippen molar-refractivity contribution >= 4 is 18.1 Å². The number of likely N-dealkylation sites (tertiary alicyclic amines) is 1. The van der Waals surface area contributed by atoms with Crippen molar-refractivity contribution in [2.45, 2.75) is 72.0 Å². The number of hydrogen-bond acceptors (Lipinski definition) is 5. The van der Waals surface area contributed by atoms with Crippen LogP contribution in [0, 0.1) is 5.92 Å². The van der Waals surface area contributed by atoms with Crippen LogP contribution < -0.4 is 16.0 Å². The second kappa shape index (κ2) is 11.9. The summed E-state index contributed by atoms with van der Waals surface area (Å²) >= 11 is 0. The summed E-state index contributed by atoms with van der Waals surface area (Å²) < 4.78 is 10.7. The van der Waals surface area contributed by atoms with Crippen molar-refractivity contribution in [3.05, 3.63) is 0 Å². The molecule has 3 N–H and O–H groups in total. The van der Waals surface area contributed by atoms with Crippen LogP contribution in [0.4, 0.5) is 9.59 Å². The molecular weight excluding hydrogens is 386 g/mol. The first kappa shape index (κ1) is 25.8. The molecule has 0 aromatic rings. The Balaban J connectivity index is 2.26. The largest absolute Gasteiger partial charge is 0.444 e. The standard InChI is InChI=1S/C21H41N5O4/c1-20(2,3)29-18(27)25-13-12-24-17(22-7)23-11-10-16-9-8-14-26(15-16)19(28)30-21(4,5)6/h16H,8-15H2,1-7H3,(H,25,27)(H2,22,23,24). The molecule has 30 heavy (non-hydrogen) atoms. The third-order valence-electron chi connectivity index (χ3n) is 4.32. The molecule has 0 spiro atoms. The van der Waals surface area contributed by atoms with Crippen LogP contribution in [0.2, 0.25) is 0 Å². The van der Waals surface area contributed by atoms with Gasteiger partial charge < -0.3 is 30.3 Å². The summed E-state index contributed by atoms with van der Waals surface area (Å²) in [4.78, 5) is 29.9. The quantitative estimate of drug-likeness (QED) is 0.342. The maximum Gasteiger partial charge on any atom is 0.410 e. The van der Waals surface area contributed by atoms with Gasteiger partial charge in [0.2, 0.25) is 0 Å². The van der Waals surface area contributed by atoms with E-state index in [1.54, 1.807) is 7.05 Å². The first-order valence-electron chi connectivity index (χ1n) is 10.8. The molecule has 174 valence electrons. The molecule has 9 heteroatoms. The number of guanidine groups is 1. The molecule has 2 amide bonds. The van der Waals surface area contributed by atoms with Gasteiger partial charge >= 0.3 is 12.2 Å². The number of carbonyl (C=O) groups is 2. The fraction of sp³-hybridized carbons (Fsp3) is 0.857. The van der Waals surface area contributed by atoms with Crippen molar-refractivity contribution in [3.8, 4) is 0 Å². The lowest BCUT2D eigenvalue weighted by molar-refractivity contribution is 0.0162. The van der Waals surface area contributed by atoms with E-state index in [1.807, 2.05) is 46.4 Å². The number of rotatable bonds is 6. The normalized spacial score (nSPS) is 17.9. The van der Waals surface area contributed by atoms with Gasteiger partial charge in [0, 0.05) is 39.8 Å². The van der Waals surface area contributed by atoms with E-state index < -0.39 is 17.3 Å². The second-order valence-corrected chi connectivity index (χ2v) is 9.58. The van der Waals surface area contributed by atoms with Gasteiger partial charge in [-0.15, -0.1) is 0 Å². The molecule has 1 aliphatic heterocycles. The van der Waals surface area contributed by atoms with Crippen molar-refractivity contribution in [1.29, 1.82) is 0 Å². The fourth-order valence-electron chi connectivity index (χ4n) is 3.07. The zero-order valence-electron chi connectivity index (χ0n) is 19.8. The number of alkyl carbamates (subject to hydrolysis) is 1. The monoisotopic (exact) mass is 427 g/mol. The van der Waals surface area contributed by atoms with Gasteiger partial charge in [-0.05, 0) is 66.7 Å². The number of nitrogens with zero attached hydrogens (tertiary/aromatic N) is 2. The zero-order chi connectivity index (χ0) is 22.8. The molecule has 0 saturated carbocycles. The number of carbonyl (C=O) groups excluding carboxylic acids is 2. The number of nitrogens with one attached hydrogen (secondary N) is 3. The highest BCUT2D eigenvalue weighted by Gasteiger charge is 2.27. The minimum absolute atomic E-state index is 0.227. The van der Waals surface area contributed by atoms with Gasteiger partial charge in [0.25, 0.3) is 0 Å². The predicted octanol–water partition coefficient (Wildman–Crippen LogP) is 2.71. The molecule has 1 heterocycles. The predicted molar refractivity (Wildman–Crippen MR) is 119 cm³/mol. The van der Waals surface area contributed by atoms with Crippen LogP contribution in [-0.2, 0) is 9.47 Å². The maximum absolute atomic E-state index is 12.3. The Kier molecular flexibility index (Phi) is 10.2. The minimum Gasteiger partial charge on any atom is -0.444 e. The summed E-state index contributed by atoms with van der Waals surface area (Å²) in [6, 6.07) is 0. The van der Waals surface area contributed by atoms with Crippen molar-refractivity contribution in [3.63, 3.8) is 0 Å². The molecule has 1 rings (SSSR count). The summed E-state index contributed by atoms with van der Waals surface area (Å²) in [6.07, 6.45) is 2.38. The van der Waals surface area contributed by atoms with Crippen LogP contribution in [0.25, 0.3) is 0 Å². The highest BCUT2D eigenvalue weighted by atomic mass is 16.6. The Morgan fingerprint density at radius 3 is 2.17 bits per heavy atom. The highest BCUT2D eigenvalue weighted by molar-refractivity contribution is 5.79. The lowest BCUT2D eigenvalue weighted by Crippen LogP contribution is -2.45. The van der Waals surface area contributed by atoms with E-state index in [0.717, 1.165) is 38.9 Å². The van der Waals surface area contributed by atoms with E-state index >= 15 is 0 Å². The molecule has 1 fully saturated rings. The molecule has 0 aromatic carbocycles. The summed E-state index contributed by atoms with van der Waals surface area (Å²) in [5.74, 6) is 1.12. The molecule has 0 bridgehead atoms. The van der Waals surface area contributed by atoms with Gasteiger partial charge in [-0.1, -0.05) is 0 Å². The van der Waals surface area contributed by atoms with Crippen LogP contribution in [-0.4, -0.2) is 74.0 Å². The Morgan fingerprint density at radius 1 is 0.967 bits per heavy atom. The summed E-state index contributed by atoms with van der Waals surface area (Å²) in [6.45, 7) is 14.4. The third kappa shape index (κ3) is 11.7. The molecule has 9 nitrogen and oxygen atoms in total. The Labute approximate surface area is 181 Å². The lowest BCUT2D eigenvalue weighted by Gasteiger charge is -2.34. The number of aliphatic imine (C=N–C) groups is 1. The molecule has 1 atom stereocenters. The topological polar surface area (TPSA) is 104 Å². The van der Waals surface area contributed by atoms with Crippen LogP contribution in [0.5, 0.6) is 0 Å². The van der Waals surface area contributed by atoms with Crippen LogP contribution in [0.3, 0.4) is 0 Å². The van der Waals surface area contributed by atoms with Gasteiger partial charge in [-0.2, -0.15) is 0 Å². The average molecular weight is 428 g/mol. The molecule has 0 radical (unpaired) electrons. The summed E-state index contributed by atoms with van der Waals surface area (Å²) in [5.41, 5.74) is -0.977. The minimum atomic E-state index is -0.507. The highest BCUT2D eigenvalue weighted by Crippen LogP contribution is 2.21. The SMILES string of the molecule is CN=C(NCCNC(=O)OC(C)(C)C)NCCC1CCCN(C(=O)OC(C)(C)C)C1. The van der Waals surface area contributed by atoms with E-state index in [-0.39, 0.29) is 6.09 Å². The maximum atomic E-state index is 12.3. The van der Waals surface area contributed by atoms with Crippen LogP contribution in [0.15, 0.2) is 4.99 Å². The van der Waals surface area contributed by atoms with Crippen molar-refractivity contribution < 1.29 is 19.1 Å². The smallest absolute Gasteiger partial charge is 0.410 e. The van der Waals surface area contributed by atoms with Gasteiger partial charge in [0.15, 0.2) is 5.96 Å². The number of piperidine rings is 1. The van der Waals surface area contributed by atoms with Gasteiger partial charge in [-0.3, -0.25) is 4.99 Å².